The van der Waals surface area contributed by atoms with Gasteiger partial charge in [0.25, 0.3) is 0 Å². The fraction of sp³-hybridized carbons (Fsp3) is 0.757. The van der Waals surface area contributed by atoms with E-state index in [4.69, 9.17) is 9.16 Å². The first-order chi connectivity index (χ1) is 19.0. The molecule has 5 rings (SSSR count). The highest BCUT2D eigenvalue weighted by Gasteiger charge is 2.61. The molecule has 0 aliphatic heterocycles. The number of hydrogen-bond donors (Lipinski definition) is 0. The summed E-state index contributed by atoms with van der Waals surface area (Å²) in [5.41, 5.74) is 2.71. The lowest BCUT2D eigenvalue weighted by Crippen LogP contribution is -2.55. The van der Waals surface area contributed by atoms with E-state index < -0.39 is 8.32 Å². The van der Waals surface area contributed by atoms with Gasteiger partial charge in [0.15, 0.2) is 8.32 Å². The number of rotatable bonds is 6. The minimum atomic E-state index is -1.73. The Morgan fingerprint density at radius 2 is 1.66 bits per heavy atom. The Balaban J connectivity index is 1.31. The molecule has 228 valence electrons. The van der Waals surface area contributed by atoms with Crippen molar-refractivity contribution in [3.63, 3.8) is 0 Å². The van der Waals surface area contributed by atoms with E-state index in [0.717, 1.165) is 43.1 Å². The van der Waals surface area contributed by atoms with Gasteiger partial charge in [0, 0.05) is 12.0 Å². The maximum absolute atomic E-state index is 13.0. The van der Waals surface area contributed by atoms with Crippen molar-refractivity contribution in [3.05, 3.63) is 47.5 Å². The van der Waals surface area contributed by atoms with Crippen LogP contribution in [0.25, 0.3) is 0 Å². The topological polar surface area (TPSA) is 35.5 Å². The summed E-state index contributed by atoms with van der Waals surface area (Å²) < 4.78 is 13.0. The summed E-state index contributed by atoms with van der Waals surface area (Å²) in [6.07, 6.45) is 11.3. The van der Waals surface area contributed by atoms with Gasteiger partial charge in [0.2, 0.25) is 0 Å². The predicted octanol–water partition coefficient (Wildman–Crippen LogP) is 10.1. The van der Waals surface area contributed by atoms with Crippen LogP contribution in [0.1, 0.15) is 111 Å². The van der Waals surface area contributed by atoms with E-state index in [1.165, 1.54) is 32.1 Å². The molecular weight excluding hydrogens is 520 g/mol. The molecule has 8 atom stereocenters. The molecule has 0 bridgehead atoms. The van der Waals surface area contributed by atoms with Gasteiger partial charge in [0.1, 0.15) is 6.10 Å². The lowest BCUT2D eigenvalue weighted by atomic mass is 9.44. The Hall–Kier alpha value is -1.39. The first-order valence-corrected chi connectivity index (χ1v) is 19.5. The van der Waals surface area contributed by atoms with Crippen molar-refractivity contribution in [2.24, 2.45) is 45.8 Å². The number of ether oxygens (including phenoxy) is 1. The fourth-order valence-electron chi connectivity index (χ4n) is 10.0. The van der Waals surface area contributed by atoms with Crippen LogP contribution in [0.2, 0.25) is 18.1 Å². The van der Waals surface area contributed by atoms with Crippen LogP contribution in [0.5, 0.6) is 0 Å². The van der Waals surface area contributed by atoms with Crippen LogP contribution >= 0.6 is 0 Å². The normalized spacial score (nSPS) is 37.3. The molecule has 4 aliphatic carbocycles. The van der Waals surface area contributed by atoms with Crippen LogP contribution in [0, 0.1) is 45.8 Å². The monoisotopic (exact) mass is 578 g/mol. The summed E-state index contributed by atoms with van der Waals surface area (Å²) in [6, 6.07) is 9.50. The van der Waals surface area contributed by atoms with E-state index in [9.17, 15) is 4.79 Å². The minimum absolute atomic E-state index is 0.0717. The zero-order chi connectivity index (χ0) is 30.0. The van der Waals surface area contributed by atoms with Crippen molar-refractivity contribution in [1.82, 2.24) is 0 Å². The van der Waals surface area contributed by atoms with Gasteiger partial charge < -0.3 is 9.16 Å². The molecule has 0 aromatic heterocycles. The van der Waals surface area contributed by atoms with Gasteiger partial charge in [-0.05, 0) is 116 Å². The van der Waals surface area contributed by atoms with Crippen molar-refractivity contribution in [1.29, 1.82) is 0 Å². The number of fused-ring (bicyclic) bond motifs is 5. The summed E-state index contributed by atoms with van der Waals surface area (Å²) in [5, 5.41) is 0.265. The van der Waals surface area contributed by atoms with Crippen molar-refractivity contribution >= 4 is 14.3 Å². The average Bonchev–Trinajstić information content (AvgIpc) is 3.26. The van der Waals surface area contributed by atoms with Gasteiger partial charge in [0.05, 0.1) is 5.56 Å². The quantitative estimate of drug-likeness (QED) is 0.191. The van der Waals surface area contributed by atoms with E-state index in [1.807, 2.05) is 30.3 Å². The zero-order valence-corrected chi connectivity index (χ0v) is 28.8. The molecule has 0 heterocycles. The Morgan fingerprint density at radius 1 is 0.976 bits per heavy atom. The Kier molecular flexibility index (Phi) is 8.06. The van der Waals surface area contributed by atoms with E-state index >= 15 is 0 Å². The van der Waals surface area contributed by atoms with Crippen LogP contribution in [0.15, 0.2) is 42.0 Å². The molecule has 4 heteroatoms. The van der Waals surface area contributed by atoms with Crippen LogP contribution in [-0.2, 0) is 9.16 Å². The lowest BCUT2D eigenvalue weighted by Gasteiger charge is -2.61. The standard InChI is InChI=1S/C37H58O3Si/c1-25(24-39-41(9,10)34(2,3)4)28-17-18-29-27-16-19-31-35(5,6)32(40-33(38)26-14-12-11-13-15-26)21-23-37(31,8)30(27)20-22-36(28,29)7/h11-15,19,25,27-30,32H,16-18,20-24H2,1-10H3/t25?,27-,28+,29-,30-,32?,36+,37+/m0/s1. The second-order valence-electron chi connectivity index (χ2n) is 16.9. The molecule has 0 amide bonds. The number of carbonyl (C=O) groups is 1. The largest absolute Gasteiger partial charge is 0.458 e. The highest BCUT2D eigenvalue weighted by atomic mass is 28.4. The predicted molar refractivity (Wildman–Crippen MR) is 172 cm³/mol. The molecular formula is C37H58O3Si. The van der Waals surface area contributed by atoms with Crippen LogP contribution in [0.4, 0.5) is 0 Å². The highest BCUT2D eigenvalue weighted by molar-refractivity contribution is 6.74. The van der Waals surface area contributed by atoms with E-state index in [2.05, 4.69) is 74.6 Å². The molecule has 0 radical (unpaired) electrons. The second kappa shape index (κ2) is 10.6. The molecule has 41 heavy (non-hydrogen) atoms. The average molecular weight is 579 g/mol. The van der Waals surface area contributed by atoms with Crippen molar-refractivity contribution in [3.8, 4) is 0 Å². The number of benzene rings is 1. The maximum atomic E-state index is 13.0. The summed E-state index contributed by atoms with van der Waals surface area (Å²) in [6.45, 7) is 25.2. The van der Waals surface area contributed by atoms with Crippen LogP contribution in [0.3, 0.4) is 0 Å². The molecule has 3 fully saturated rings. The molecule has 1 aromatic carbocycles. The van der Waals surface area contributed by atoms with Gasteiger partial charge in [-0.15, -0.1) is 0 Å². The van der Waals surface area contributed by atoms with Gasteiger partial charge >= 0.3 is 5.97 Å². The molecule has 4 aliphatic rings. The maximum Gasteiger partial charge on any atom is 0.338 e. The first kappa shape index (κ1) is 31.0. The highest BCUT2D eigenvalue weighted by Crippen LogP contribution is 2.69. The zero-order valence-electron chi connectivity index (χ0n) is 27.8. The lowest BCUT2D eigenvalue weighted by molar-refractivity contribution is -0.0837. The second-order valence-corrected chi connectivity index (χ2v) is 21.8. The summed E-state index contributed by atoms with van der Waals surface area (Å²) in [7, 11) is -1.73. The summed E-state index contributed by atoms with van der Waals surface area (Å²) >= 11 is 0. The van der Waals surface area contributed by atoms with Gasteiger partial charge in [-0.3, -0.25) is 0 Å². The van der Waals surface area contributed by atoms with Gasteiger partial charge in [-0.1, -0.05) is 85.2 Å². The smallest absolute Gasteiger partial charge is 0.338 e. The molecule has 1 aromatic rings. The van der Waals surface area contributed by atoms with E-state index in [-0.39, 0.29) is 27.9 Å². The molecule has 2 unspecified atom stereocenters. The minimum Gasteiger partial charge on any atom is -0.458 e. The van der Waals surface area contributed by atoms with Crippen molar-refractivity contribution in [2.45, 2.75) is 125 Å². The third kappa shape index (κ3) is 5.21. The third-order valence-corrected chi connectivity index (χ3v) is 17.9. The first-order valence-electron chi connectivity index (χ1n) is 16.6. The van der Waals surface area contributed by atoms with Crippen molar-refractivity contribution in [2.75, 3.05) is 6.61 Å². The van der Waals surface area contributed by atoms with Crippen LogP contribution in [-0.4, -0.2) is 27.0 Å². The number of allylic oxidation sites excluding steroid dienone is 1. The van der Waals surface area contributed by atoms with E-state index in [0.29, 0.717) is 16.9 Å². The number of hydrogen-bond acceptors (Lipinski definition) is 3. The molecule has 0 saturated heterocycles. The Morgan fingerprint density at radius 3 is 2.32 bits per heavy atom. The van der Waals surface area contributed by atoms with Crippen LogP contribution < -0.4 is 0 Å². The fourth-order valence-corrected chi connectivity index (χ4v) is 11.1. The molecule has 3 nitrogen and oxygen atoms in total. The Labute approximate surface area is 252 Å². The number of esters is 1. The van der Waals surface area contributed by atoms with Crippen molar-refractivity contribution < 1.29 is 14.0 Å². The van der Waals surface area contributed by atoms with E-state index in [1.54, 1.807) is 5.57 Å². The SMILES string of the molecule is CC(CO[Si](C)(C)C(C)(C)C)[C@H]1CC[C@H]2[C@@H]3CC=C4C(C)(C)C(OC(=O)c5ccccc5)CC[C@]4(C)[C@H]3CC[C@]12C. The Bertz CT molecular complexity index is 1150. The number of carbonyl (C=O) groups excluding carboxylic acids is 1. The summed E-state index contributed by atoms with van der Waals surface area (Å²) in [5.74, 6) is 3.53. The van der Waals surface area contributed by atoms with Gasteiger partial charge in [-0.25, -0.2) is 4.79 Å². The third-order valence-electron chi connectivity index (χ3n) is 13.4. The summed E-state index contributed by atoms with van der Waals surface area (Å²) in [4.78, 5) is 13.0. The molecule has 0 spiro atoms. The van der Waals surface area contributed by atoms with Gasteiger partial charge in [-0.2, -0.15) is 0 Å². The molecule has 0 N–H and O–H groups in total. The molecule has 3 saturated carbocycles.